The van der Waals surface area contributed by atoms with Crippen LogP contribution in [0.25, 0.3) is 11.0 Å². The highest BCUT2D eigenvalue weighted by molar-refractivity contribution is 5.73. The van der Waals surface area contributed by atoms with Crippen molar-refractivity contribution in [1.29, 1.82) is 0 Å². The maximum atomic E-state index is 6.52. The molecule has 0 saturated heterocycles. The first-order chi connectivity index (χ1) is 12.7. The van der Waals surface area contributed by atoms with Crippen molar-refractivity contribution in [1.82, 2.24) is 9.47 Å². The first-order valence-electron chi connectivity index (χ1n) is 9.41. The van der Waals surface area contributed by atoms with Crippen LogP contribution in [0.15, 0.2) is 54.6 Å². The van der Waals surface area contributed by atoms with E-state index in [1.807, 2.05) is 30.3 Å². The minimum Gasteiger partial charge on any atom is -1.00 e. The number of ether oxygens (including phenoxy) is 1. The van der Waals surface area contributed by atoms with Crippen LogP contribution in [0.3, 0.4) is 0 Å². The van der Waals surface area contributed by atoms with Crippen molar-refractivity contribution < 1.29 is 26.3 Å². The van der Waals surface area contributed by atoms with Gasteiger partial charge in [0, 0.05) is 6.54 Å². The van der Waals surface area contributed by atoms with Gasteiger partial charge in [0.25, 0.3) is 0 Å². The van der Waals surface area contributed by atoms with Gasteiger partial charge in [-0.2, -0.15) is 0 Å². The fraction of sp³-hybridized carbons (Fsp3) is 0.381. The molecule has 2 aromatic carbocycles. The molecule has 0 spiro atoms. The van der Waals surface area contributed by atoms with Crippen molar-refractivity contribution in [3.63, 3.8) is 0 Å². The average Bonchev–Trinajstić information content (AvgIpc) is 2.95. The lowest BCUT2D eigenvalue weighted by Gasteiger charge is -2.17. The van der Waals surface area contributed by atoms with Crippen LogP contribution in [0.4, 0.5) is 5.95 Å². The Balaban J connectivity index is 0.00000261. The second kappa shape index (κ2) is 10.3. The molecule has 0 atom stereocenters. The number of imidazole rings is 1. The average molecular weight is 433 g/mol. The van der Waals surface area contributed by atoms with Crippen molar-refractivity contribution in [2.75, 3.05) is 32.0 Å². The molecular weight excluding hydrogens is 404 g/mol. The number of hydrogen-bond acceptors (Lipinski definition) is 3. The van der Waals surface area contributed by atoms with Crippen molar-refractivity contribution in [2.45, 2.75) is 26.9 Å². The molecule has 6 heteroatoms. The fourth-order valence-electron chi connectivity index (χ4n) is 3.34. The molecule has 27 heavy (non-hydrogen) atoms. The molecule has 0 aliphatic heterocycles. The second-order valence-corrected chi connectivity index (χ2v) is 6.34. The predicted molar refractivity (Wildman–Crippen MR) is 106 cm³/mol. The lowest BCUT2D eigenvalue weighted by atomic mass is 10.3. The molecule has 2 N–H and O–H groups in total. The predicted octanol–water partition coefficient (Wildman–Crippen LogP) is -0.0642. The summed E-state index contributed by atoms with van der Waals surface area (Å²) in [5, 5.41) is 0. The van der Waals surface area contributed by atoms with Crippen molar-refractivity contribution in [3.05, 3.63) is 54.6 Å². The summed E-state index contributed by atoms with van der Waals surface area (Å²) >= 11 is 0. The SMILES string of the molecule is CCN(CC)CC[n+]1c(N)n(CCOc2ccccc2)c2ccccc21.[Br-]. The van der Waals surface area contributed by atoms with Crippen LogP contribution in [0.2, 0.25) is 0 Å². The maximum absolute atomic E-state index is 6.52. The number of likely N-dealkylation sites (N-methyl/N-ethyl adjacent to an activating group) is 1. The lowest BCUT2D eigenvalue weighted by Crippen LogP contribution is -3.00. The summed E-state index contributed by atoms with van der Waals surface area (Å²) in [5.41, 5.74) is 8.85. The van der Waals surface area contributed by atoms with Crippen molar-refractivity contribution in [2.24, 2.45) is 0 Å². The molecule has 3 rings (SSSR count). The highest BCUT2D eigenvalue weighted by Gasteiger charge is 2.20. The summed E-state index contributed by atoms with van der Waals surface area (Å²) in [4.78, 5) is 2.41. The molecule has 0 unspecified atom stereocenters. The zero-order valence-corrected chi connectivity index (χ0v) is 17.7. The third-order valence-corrected chi connectivity index (χ3v) is 4.88. The zero-order chi connectivity index (χ0) is 18.4. The zero-order valence-electron chi connectivity index (χ0n) is 16.1. The minimum absolute atomic E-state index is 0. The molecule has 3 aromatic rings. The molecule has 0 aliphatic rings. The molecule has 146 valence electrons. The first kappa shape index (κ1) is 21.3. The molecule has 0 bridgehead atoms. The Labute approximate surface area is 172 Å². The van der Waals surface area contributed by atoms with Crippen molar-refractivity contribution >= 4 is 17.0 Å². The summed E-state index contributed by atoms with van der Waals surface area (Å²) in [5.74, 6) is 1.67. The van der Waals surface area contributed by atoms with E-state index in [4.69, 9.17) is 10.5 Å². The molecule has 0 saturated carbocycles. The van der Waals surface area contributed by atoms with Crippen LogP contribution >= 0.6 is 0 Å². The van der Waals surface area contributed by atoms with Crippen molar-refractivity contribution in [3.8, 4) is 5.75 Å². The van der Waals surface area contributed by atoms with E-state index in [9.17, 15) is 0 Å². The number of aromatic nitrogens is 2. The summed E-state index contributed by atoms with van der Waals surface area (Å²) in [6.07, 6.45) is 0. The second-order valence-electron chi connectivity index (χ2n) is 6.34. The van der Waals surface area contributed by atoms with Crippen LogP contribution in [0.1, 0.15) is 13.8 Å². The molecule has 5 nitrogen and oxygen atoms in total. The van der Waals surface area contributed by atoms with E-state index in [2.05, 4.69) is 52.1 Å². The number of nitrogens with two attached hydrogens (primary N) is 1. The third kappa shape index (κ3) is 5.02. The molecule has 0 fully saturated rings. The monoisotopic (exact) mass is 432 g/mol. The Hall–Kier alpha value is -2.05. The van der Waals surface area contributed by atoms with Crippen LogP contribution in [-0.4, -0.2) is 35.7 Å². The van der Waals surface area contributed by atoms with E-state index < -0.39 is 0 Å². The standard InChI is InChI=1S/C21H28N4O.BrH/c1-3-23(4-2)14-15-24-19-12-8-9-13-20(19)25(21(24)22)16-17-26-18-10-6-5-7-11-18;/h5-13,22H,3-4,14-17H2,1-2H3;1H. The minimum atomic E-state index is 0. The number of nitrogen functional groups attached to an aromatic ring is 1. The summed E-state index contributed by atoms with van der Waals surface area (Å²) in [7, 11) is 0. The van der Waals surface area contributed by atoms with Crippen LogP contribution in [0.5, 0.6) is 5.75 Å². The Morgan fingerprint density at radius 1 is 1.00 bits per heavy atom. The normalized spacial score (nSPS) is 10.9. The highest BCUT2D eigenvalue weighted by atomic mass is 79.9. The Morgan fingerprint density at radius 2 is 1.67 bits per heavy atom. The van der Waals surface area contributed by atoms with Gasteiger partial charge < -0.3 is 26.6 Å². The summed E-state index contributed by atoms with van der Waals surface area (Å²) in [6, 6.07) is 18.3. The number of nitrogens with zero attached hydrogens (tertiary/aromatic N) is 3. The van der Waals surface area contributed by atoms with Gasteiger partial charge in [0.2, 0.25) is 0 Å². The highest BCUT2D eigenvalue weighted by Crippen LogP contribution is 2.16. The van der Waals surface area contributed by atoms with E-state index in [0.29, 0.717) is 6.61 Å². The van der Waals surface area contributed by atoms with Gasteiger partial charge in [-0.25, -0.2) is 9.13 Å². The Morgan fingerprint density at radius 3 is 2.37 bits per heavy atom. The molecule has 0 radical (unpaired) electrons. The number of rotatable bonds is 9. The van der Waals surface area contributed by atoms with Gasteiger partial charge in [-0.3, -0.25) is 5.73 Å². The van der Waals surface area contributed by atoms with E-state index in [0.717, 1.165) is 49.9 Å². The van der Waals surface area contributed by atoms with Gasteiger partial charge in [0.1, 0.15) is 29.9 Å². The number of hydrogen-bond donors (Lipinski definition) is 1. The van der Waals surface area contributed by atoms with Gasteiger partial charge >= 0.3 is 5.95 Å². The first-order valence-corrected chi connectivity index (χ1v) is 9.41. The fourth-order valence-corrected chi connectivity index (χ4v) is 3.34. The van der Waals surface area contributed by atoms with E-state index >= 15 is 0 Å². The Bertz CT molecular complexity index is 831. The van der Waals surface area contributed by atoms with Crippen LogP contribution in [0, 0.1) is 0 Å². The number of fused-ring (bicyclic) bond motifs is 1. The number of para-hydroxylation sites is 3. The molecule has 0 aliphatic carbocycles. The molecule has 1 aromatic heterocycles. The summed E-state index contributed by atoms with van der Waals surface area (Å²) < 4.78 is 10.2. The number of halogens is 1. The largest absolute Gasteiger partial charge is 1.00 e. The van der Waals surface area contributed by atoms with Crippen LogP contribution in [-0.2, 0) is 13.1 Å². The van der Waals surface area contributed by atoms with Gasteiger partial charge in [-0.1, -0.05) is 44.2 Å². The summed E-state index contributed by atoms with van der Waals surface area (Å²) in [6.45, 7) is 9.70. The van der Waals surface area contributed by atoms with E-state index in [1.54, 1.807) is 0 Å². The molecule has 1 heterocycles. The quantitative estimate of drug-likeness (QED) is 0.481. The maximum Gasteiger partial charge on any atom is 0.356 e. The van der Waals surface area contributed by atoms with Gasteiger partial charge in [0.15, 0.2) is 0 Å². The molecule has 0 amide bonds. The van der Waals surface area contributed by atoms with E-state index in [-0.39, 0.29) is 17.0 Å². The number of benzene rings is 2. The number of anilines is 1. The Kier molecular flexibility index (Phi) is 8.13. The van der Waals surface area contributed by atoms with Gasteiger partial charge in [-0.15, -0.1) is 0 Å². The van der Waals surface area contributed by atoms with Gasteiger partial charge in [-0.05, 0) is 37.4 Å². The smallest absolute Gasteiger partial charge is 0.356 e. The topological polar surface area (TPSA) is 47.3 Å². The third-order valence-electron chi connectivity index (χ3n) is 4.88. The van der Waals surface area contributed by atoms with E-state index in [1.165, 1.54) is 5.52 Å². The van der Waals surface area contributed by atoms with Gasteiger partial charge in [0.05, 0.1) is 6.54 Å². The van der Waals surface area contributed by atoms with Crippen LogP contribution < -0.4 is 32.0 Å². The molecular formula is C21H29BrN4O. The lowest BCUT2D eigenvalue weighted by molar-refractivity contribution is -0.657.